The Bertz CT molecular complexity index is 191. The second kappa shape index (κ2) is 4.07. The smallest absolute Gasteiger partial charge is 0.215 e. The zero-order valence-electron chi connectivity index (χ0n) is 8.69. The molecule has 0 N–H and O–H groups in total. The average Bonchev–Trinajstić information content (AvgIpc) is 2.04. The van der Waals surface area contributed by atoms with Crippen molar-refractivity contribution < 1.29 is 4.92 Å². The molecule has 0 heterocycles. The molecule has 1 fully saturated rings. The van der Waals surface area contributed by atoms with Crippen molar-refractivity contribution in [3.05, 3.63) is 10.1 Å². The molecule has 3 nitrogen and oxygen atoms in total. The van der Waals surface area contributed by atoms with Crippen LogP contribution in [0.1, 0.15) is 40.0 Å². The third kappa shape index (κ3) is 2.42. The fourth-order valence-electron chi connectivity index (χ4n) is 2.23. The van der Waals surface area contributed by atoms with Gasteiger partial charge in [0.15, 0.2) is 0 Å². The van der Waals surface area contributed by atoms with Gasteiger partial charge in [0, 0.05) is 17.3 Å². The van der Waals surface area contributed by atoms with Crippen LogP contribution in [-0.2, 0) is 0 Å². The van der Waals surface area contributed by atoms with E-state index in [4.69, 9.17) is 0 Å². The molecule has 0 radical (unpaired) electrons. The van der Waals surface area contributed by atoms with E-state index in [-0.39, 0.29) is 16.9 Å². The summed E-state index contributed by atoms with van der Waals surface area (Å²) < 4.78 is 0. The third-order valence-electron chi connectivity index (χ3n) is 3.41. The summed E-state index contributed by atoms with van der Waals surface area (Å²) >= 11 is 0. The minimum absolute atomic E-state index is 0.0841. The largest absolute Gasteiger partial charge is 0.264 e. The number of nitrogens with zero attached hydrogens (tertiary/aromatic N) is 1. The van der Waals surface area contributed by atoms with Crippen LogP contribution in [-0.4, -0.2) is 11.0 Å². The van der Waals surface area contributed by atoms with E-state index in [9.17, 15) is 10.1 Å². The molecule has 3 unspecified atom stereocenters. The molecule has 1 saturated carbocycles. The van der Waals surface area contributed by atoms with Crippen molar-refractivity contribution in [3.8, 4) is 0 Å². The highest BCUT2D eigenvalue weighted by Crippen LogP contribution is 2.34. The summed E-state index contributed by atoms with van der Waals surface area (Å²) in [7, 11) is 0. The zero-order chi connectivity index (χ0) is 10.0. The monoisotopic (exact) mass is 185 g/mol. The Kier molecular flexibility index (Phi) is 3.28. The predicted molar refractivity (Wildman–Crippen MR) is 52.1 cm³/mol. The van der Waals surface area contributed by atoms with Gasteiger partial charge in [-0.1, -0.05) is 20.8 Å². The number of rotatable bonds is 2. The Balaban J connectivity index is 2.58. The molecule has 3 atom stereocenters. The Labute approximate surface area is 79.7 Å². The zero-order valence-corrected chi connectivity index (χ0v) is 8.69. The maximum absolute atomic E-state index is 10.7. The van der Waals surface area contributed by atoms with Crippen LogP contribution in [0.3, 0.4) is 0 Å². The molecule has 0 aromatic rings. The maximum Gasteiger partial charge on any atom is 0.215 e. The molecule has 13 heavy (non-hydrogen) atoms. The predicted octanol–water partition coefficient (Wildman–Crippen LogP) is 2.72. The lowest BCUT2D eigenvalue weighted by Gasteiger charge is -2.31. The van der Waals surface area contributed by atoms with Crippen LogP contribution in [0.15, 0.2) is 0 Å². The van der Waals surface area contributed by atoms with Gasteiger partial charge in [0.1, 0.15) is 0 Å². The molecule has 0 amide bonds. The average molecular weight is 185 g/mol. The van der Waals surface area contributed by atoms with E-state index in [0.29, 0.717) is 11.8 Å². The molecule has 1 aliphatic carbocycles. The van der Waals surface area contributed by atoms with Gasteiger partial charge in [-0.25, -0.2) is 0 Å². The van der Waals surface area contributed by atoms with E-state index >= 15 is 0 Å². The normalized spacial score (nSPS) is 34.9. The van der Waals surface area contributed by atoms with Crippen LogP contribution in [0.5, 0.6) is 0 Å². The fourth-order valence-corrected chi connectivity index (χ4v) is 2.23. The molecular formula is C10H19NO2. The van der Waals surface area contributed by atoms with Crippen molar-refractivity contribution in [2.75, 3.05) is 0 Å². The lowest BCUT2D eigenvalue weighted by molar-refractivity contribution is -0.536. The van der Waals surface area contributed by atoms with E-state index in [2.05, 4.69) is 13.8 Å². The van der Waals surface area contributed by atoms with Crippen molar-refractivity contribution in [3.63, 3.8) is 0 Å². The van der Waals surface area contributed by atoms with Crippen LogP contribution in [0.25, 0.3) is 0 Å². The number of hydrogen-bond donors (Lipinski definition) is 0. The van der Waals surface area contributed by atoms with Crippen molar-refractivity contribution in [2.45, 2.75) is 46.1 Å². The van der Waals surface area contributed by atoms with Gasteiger partial charge in [-0.2, -0.15) is 0 Å². The third-order valence-corrected chi connectivity index (χ3v) is 3.41. The van der Waals surface area contributed by atoms with Gasteiger partial charge < -0.3 is 0 Å². The van der Waals surface area contributed by atoms with Crippen LogP contribution >= 0.6 is 0 Å². The molecule has 1 rings (SSSR count). The summed E-state index contributed by atoms with van der Waals surface area (Å²) in [6.07, 6.45) is 2.98. The minimum atomic E-state index is -0.291. The van der Waals surface area contributed by atoms with Crippen molar-refractivity contribution in [1.29, 1.82) is 0 Å². The molecule has 3 heteroatoms. The first-order chi connectivity index (χ1) is 6.02. The van der Waals surface area contributed by atoms with Gasteiger partial charge in [-0.05, 0) is 24.7 Å². The van der Waals surface area contributed by atoms with Crippen molar-refractivity contribution in [1.82, 2.24) is 0 Å². The summed E-state index contributed by atoms with van der Waals surface area (Å²) in [5, 5.41) is 10.7. The second-order valence-corrected chi connectivity index (χ2v) is 4.65. The van der Waals surface area contributed by atoms with Gasteiger partial charge in [-0.3, -0.25) is 10.1 Å². The summed E-state index contributed by atoms with van der Waals surface area (Å²) in [6.45, 7) is 6.33. The van der Waals surface area contributed by atoms with E-state index in [1.807, 2.05) is 6.92 Å². The van der Waals surface area contributed by atoms with Gasteiger partial charge in [0.25, 0.3) is 0 Å². The summed E-state index contributed by atoms with van der Waals surface area (Å²) in [5.74, 6) is 1.42. The molecule has 0 aliphatic heterocycles. The number of nitro groups is 1. The second-order valence-electron chi connectivity index (χ2n) is 4.65. The fraction of sp³-hybridized carbons (Fsp3) is 1.00. The highest BCUT2D eigenvalue weighted by Gasteiger charge is 2.36. The topological polar surface area (TPSA) is 43.1 Å². The highest BCUT2D eigenvalue weighted by atomic mass is 16.6. The Morgan fingerprint density at radius 2 is 2.00 bits per heavy atom. The van der Waals surface area contributed by atoms with Gasteiger partial charge in [0.05, 0.1) is 0 Å². The van der Waals surface area contributed by atoms with Crippen LogP contribution < -0.4 is 0 Å². The van der Waals surface area contributed by atoms with E-state index in [1.165, 1.54) is 6.42 Å². The van der Waals surface area contributed by atoms with Crippen LogP contribution in [0.2, 0.25) is 0 Å². The number of hydrogen-bond acceptors (Lipinski definition) is 2. The SMILES string of the molecule is CC(C)C1CCC(C)C([N+](=O)[O-])C1. The van der Waals surface area contributed by atoms with Crippen LogP contribution in [0.4, 0.5) is 0 Å². The van der Waals surface area contributed by atoms with Gasteiger partial charge in [-0.15, -0.1) is 0 Å². The van der Waals surface area contributed by atoms with Crippen LogP contribution in [0, 0.1) is 27.9 Å². The first kappa shape index (κ1) is 10.5. The Morgan fingerprint density at radius 3 is 2.46 bits per heavy atom. The van der Waals surface area contributed by atoms with E-state index in [1.54, 1.807) is 0 Å². The van der Waals surface area contributed by atoms with Gasteiger partial charge >= 0.3 is 0 Å². The molecule has 76 valence electrons. The summed E-state index contributed by atoms with van der Waals surface area (Å²) in [5.41, 5.74) is 0. The minimum Gasteiger partial charge on any atom is -0.264 e. The Morgan fingerprint density at radius 1 is 1.38 bits per heavy atom. The van der Waals surface area contributed by atoms with Crippen molar-refractivity contribution >= 4 is 0 Å². The molecule has 0 spiro atoms. The van der Waals surface area contributed by atoms with E-state index < -0.39 is 0 Å². The molecule has 1 aliphatic rings. The molecular weight excluding hydrogens is 166 g/mol. The summed E-state index contributed by atoms with van der Waals surface area (Å²) in [6, 6.07) is -0.291. The van der Waals surface area contributed by atoms with E-state index in [0.717, 1.165) is 12.8 Å². The lowest BCUT2D eigenvalue weighted by Crippen LogP contribution is -2.35. The van der Waals surface area contributed by atoms with Gasteiger partial charge in [0.2, 0.25) is 6.04 Å². The first-order valence-electron chi connectivity index (χ1n) is 5.16. The van der Waals surface area contributed by atoms with Crippen molar-refractivity contribution in [2.24, 2.45) is 17.8 Å². The summed E-state index contributed by atoms with van der Waals surface area (Å²) in [4.78, 5) is 10.7. The molecule has 0 saturated heterocycles. The highest BCUT2D eigenvalue weighted by molar-refractivity contribution is 4.79. The standard InChI is InChI=1S/C10H19NO2/c1-7(2)9-5-4-8(3)10(6-9)11(12)13/h7-10H,4-6H2,1-3H3. The molecule has 0 aromatic carbocycles. The quantitative estimate of drug-likeness (QED) is 0.490. The Hall–Kier alpha value is -0.600. The maximum atomic E-state index is 10.7. The molecule has 0 aromatic heterocycles. The lowest BCUT2D eigenvalue weighted by atomic mass is 9.75. The first-order valence-corrected chi connectivity index (χ1v) is 5.16. The molecule has 0 bridgehead atoms.